The molecule has 7 heteroatoms. The summed E-state index contributed by atoms with van der Waals surface area (Å²) in [5, 5.41) is 7.12. The first-order valence-electron chi connectivity index (χ1n) is 8.53. The van der Waals surface area contributed by atoms with E-state index in [9.17, 15) is 4.79 Å². The van der Waals surface area contributed by atoms with Gasteiger partial charge in [-0.25, -0.2) is 0 Å². The molecule has 2 aliphatic rings. The minimum atomic E-state index is -0.00130. The highest BCUT2D eigenvalue weighted by molar-refractivity contribution is 5.81. The Morgan fingerprint density at radius 1 is 1.42 bits per heavy atom. The number of carbonyl (C=O) groups excluding carboxylic acids is 1. The van der Waals surface area contributed by atoms with Gasteiger partial charge in [-0.05, 0) is 38.8 Å². The number of aromatic nitrogens is 2. The average molecular weight is 330 g/mol. The van der Waals surface area contributed by atoms with E-state index >= 15 is 0 Å². The maximum Gasteiger partial charge on any atom is 0.231 e. The Hall–Kier alpha value is -2.15. The minimum Gasteiger partial charge on any atom is -0.472 e. The largest absolute Gasteiger partial charge is 0.472 e. The minimum absolute atomic E-state index is 0.00130. The zero-order chi connectivity index (χ0) is 16.5. The van der Waals surface area contributed by atoms with Crippen LogP contribution in [0.5, 0.6) is 0 Å². The number of rotatable bonds is 5. The number of likely N-dealkylation sites (tertiary alicyclic amines) is 1. The predicted molar refractivity (Wildman–Crippen MR) is 85.0 cm³/mol. The summed E-state index contributed by atoms with van der Waals surface area (Å²) in [6.45, 7) is 4.34. The number of hydrogen-bond acceptors (Lipinski definition) is 6. The van der Waals surface area contributed by atoms with Crippen LogP contribution in [0.3, 0.4) is 0 Å². The van der Waals surface area contributed by atoms with Crippen molar-refractivity contribution in [1.82, 2.24) is 20.4 Å². The Morgan fingerprint density at radius 2 is 2.29 bits per heavy atom. The van der Waals surface area contributed by atoms with Gasteiger partial charge in [-0.1, -0.05) is 5.16 Å². The van der Waals surface area contributed by atoms with Crippen LogP contribution in [-0.4, -0.2) is 40.1 Å². The van der Waals surface area contributed by atoms with E-state index < -0.39 is 0 Å². The van der Waals surface area contributed by atoms with Crippen LogP contribution in [0.1, 0.15) is 42.5 Å². The second-order valence-electron chi connectivity index (χ2n) is 6.83. The fourth-order valence-electron chi connectivity index (χ4n) is 3.36. The number of piperidine rings is 1. The van der Waals surface area contributed by atoms with Crippen LogP contribution in [0.25, 0.3) is 0 Å². The summed E-state index contributed by atoms with van der Waals surface area (Å²) < 4.78 is 10.5. The van der Waals surface area contributed by atoms with Crippen molar-refractivity contribution < 1.29 is 13.7 Å². The topological polar surface area (TPSA) is 84.4 Å². The van der Waals surface area contributed by atoms with Crippen molar-refractivity contribution in [2.24, 2.45) is 5.92 Å². The lowest BCUT2D eigenvalue weighted by atomic mass is 9.90. The molecule has 7 nitrogen and oxygen atoms in total. The average Bonchev–Trinajstić information content (AvgIpc) is 3.15. The first-order valence-corrected chi connectivity index (χ1v) is 8.53. The summed E-state index contributed by atoms with van der Waals surface area (Å²) in [6, 6.07) is 1.98. The predicted octanol–water partition coefficient (Wildman–Crippen LogP) is 1.86. The molecular formula is C17H22N4O3. The molecule has 1 aliphatic heterocycles. The molecule has 2 atom stereocenters. The van der Waals surface area contributed by atoms with Gasteiger partial charge in [-0.3, -0.25) is 9.69 Å². The molecule has 3 heterocycles. The lowest BCUT2D eigenvalue weighted by molar-refractivity contribution is -0.123. The highest BCUT2D eigenvalue weighted by Crippen LogP contribution is 2.32. The SMILES string of the molecule is Cc1noc([C@H]2CCN(Cc3ccoc3)C[C@H]2NC(=O)C2CC2)n1. The van der Waals surface area contributed by atoms with Crippen LogP contribution >= 0.6 is 0 Å². The zero-order valence-corrected chi connectivity index (χ0v) is 13.8. The molecule has 2 aromatic heterocycles. The standard InChI is InChI=1S/C17H22N4O3/c1-11-18-17(24-20-11)14-4-6-21(8-12-5-7-23-10-12)9-15(14)19-16(22)13-2-3-13/h5,7,10,13-15H,2-4,6,8-9H2,1H3,(H,19,22)/t14-,15+/m0/s1. The monoisotopic (exact) mass is 330 g/mol. The summed E-state index contributed by atoms with van der Waals surface area (Å²) in [4.78, 5) is 19.0. The molecule has 0 aromatic carbocycles. The number of furan rings is 1. The van der Waals surface area contributed by atoms with E-state index in [1.807, 2.05) is 13.0 Å². The van der Waals surface area contributed by atoms with E-state index in [0.717, 1.165) is 44.5 Å². The van der Waals surface area contributed by atoms with Crippen molar-refractivity contribution >= 4 is 5.91 Å². The quantitative estimate of drug-likeness (QED) is 0.901. The normalized spacial score (nSPS) is 24.9. The van der Waals surface area contributed by atoms with Crippen molar-refractivity contribution in [2.45, 2.75) is 44.7 Å². The molecule has 1 amide bonds. The number of nitrogens with zero attached hydrogens (tertiary/aromatic N) is 3. The second-order valence-corrected chi connectivity index (χ2v) is 6.83. The van der Waals surface area contributed by atoms with E-state index in [-0.39, 0.29) is 23.8 Å². The van der Waals surface area contributed by atoms with Crippen LogP contribution in [0, 0.1) is 12.8 Å². The maximum absolute atomic E-state index is 12.3. The van der Waals surface area contributed by atoms with Gasteiger partial charge in [0, 0.05) is 24.6 Å². The van der Waals surface area contributed by atoms with Gasteiger partial charge in [0.2, 0.25) is 11.8 Å². The summed E-state index contributed by atoms with van der Waals surface area (Å²) in [5.41, 5.74) is 1.15. The highest BCUT2D eigenvalue weighted by atomic mass is 16.5. The highest BCUT2D eigenvalue weighted by Gasteiger charge is 2.38. The van der Waals surface area contributed by atoms with Gasteiger partial charge in [-0.2, -0.15) is 4.98 Å². The van der Waals surface area contributed by atoms with Crippen molar-refractivity contribution in [3.05, 3.63) is 35.9 Å². The van der Waals surface area contributed by atoms with Crippen LogP contribution in [-0.2, 0) is 11.3 Å². The van der Waals surface area contributed by atoms with Crippen molar-refractivity contribution in [3.8, 4) is 0 Å². The first-order chi connectivity index (χ1) is 11.7. The molecule has 0 bridgehead atoms. The second kappa shape index (κ2) is 6.39. The van der Waals surface area contributed by atoms with E-state index in [0.29, 0.717) is 11.7 Å². The number of aryl methyl sites for hydroxylation is 1. The number of hydrogen-bond donors (Lipinski definition) is 1. The Labute approximate surface area is 140 Å². The third-order valence-corrected chi connectivity index (χ3v) is 4.82. The number of carbonyl (C=O) groups is 1. The Bertz CT molecular complexity index is 693. The molecule has 0 radical (unpaired) electrons. The first kappa shape index (κ1) is 15.4. The molecule has 2 fully saturated rings. The lowest BCUT2D eigenvalue weighted by Crippen LogP contribution is -2.51. The van der Waals surface area contributed by atoms with E-state index in [2.05, 4.69) is 20.4 Å². The molecular weight excluding hydrogens is 308 g/mol. The Balaban J connectivity index is 1.48. The third-order valence-electron chi connectivity index (χ3n) is 4.82. The van der Waals surface area contributed by atoms with Gasteiger partial charge in [-0.15, -0.1) is 0 Å². The zero-order valence-electron chi connectivity index (χ0n) is 13.8. The molecule has 1 saturated heterocycles. The number of amides is 1. The smallest absolute Gasteiger partial charge is 0.231 e. The Kier molecular flexibility index (Phi) is 4.10. The van der Waals surface area contributed by atoms with Gasteiger partial charge in [0.1, 0.15) is 0 Å². The van der Waals surface area contributed by atoms with Gasteiger partial charge >= 0.3 is 0 Å². The summed E-state index contributed by atoms with van der Waals surface area (Å²) >= 11 is 0. The molecule has 0 unspecified atom stereocenters. The van der Waals surface area contributed by atoms with Gasteiger partial charge in [0.15, 0.2) is 5.82 Å². The third kappa shape index (κ3) is 3.36. The molecule has 0 spiro atoms. The molecule has 1 saturated carbocycles. The van der Waals surface area contributed by atoms with Crippen molar-refractivity contribution in [2.75, 3.05) is 13.1 Å². The molecule has 1 aliphatic carbocycles. The van der Waals surface area contributed by atoms with Crippen molar-refractivity contribution in [3.63, 3.8) is 0 Å². The summed E-state index contributed by atoms with van der Waals surface area (Å²) in [7, 11) is 0. The molecule has 2 aromatic rings. The van der Waals surface area contributed by atoms with Crippen LogP contribution in [0.2, 0.25) is 0 Å². The van der Waals surface area contributed by atoms with E-state index in [1.54, 1.807) is 12.5 Å². The van der Waals surface area contributed by atoms with Gasteiger partial charge in [0.05, 0.1) is 24.5 Å². The lowest BCUT2D eigenvalue weighted by Gasteiger charge is -2.37. The van der Waals surface area contributed by atoms with Crippen LogP contribution in [0.4, 0.5) is 0 Å². The fraction of sp³-hybridized carbons (Fsp3) is 0.588. The van der Waals surface area contributed by atoms with E-state index in [4.69, 9.17) is 8.94 Å². The van der Waals surface area contributed by atoms with E-state index in [1.165, 1.54) is 0 Å². The maximum atomic E-state index is 12.3. The van der Waals surface area contributed by atoms with Crippen LogP contribution < -0.4 is 5.32 Å². The molecule has 24 heavy (non-hydrogen) atoms. The van der Waals surface area contributed by atoms with Crippen LogP contribution in [0.15, 0.2) is 27.5 Å². The van der Waals surface area contributed by atoms with Crippen molar-refractivity contribution in [1.29, 1.82) is 0 Å². The summed E-state index contributed by atoms with van der Waals surface area (Å²) in [6.07, 6.45) is 6.35. The summed E-state index contributed by atoms with van der Waals surface area (Å²) in [5.74, 6) is 1.70. The van der Waals surface area contributed by atoms with Gasteiger partial charge < -0.3 is 14.3 Å². The molecule has 1 N–H and O–H groups in total. The van der Waals surface area contributed by atoms with Gasteiger partial charge in [0.25, 0.3) is 0 Å². The Morgan fingerprint density at radius 3 is 2.96 bits per heavy atom. The number of nitrogens with one attached hydrogen (secondary N) is 1. The molecule has 4 rings (SSSR count). The fourth-order valence-corrected chi connectivity index (χ4v) is 3.36. The molecule has 128 valence electrons.